The van der Waals surface area contributed by atoms with Crippen molar-refractivity contribution in [3.05, 3.63) is 52.4 Å². The van der Waals surface area contributed by atoms with Crippen molar-refractivity contribution in [1.82, 2.24) is 9.78 Å². The van der Waals surface area contributed by atoms with Crippen LogP contribution in [0.5, 0.6) is 0 Å². The summed E-state index contributed by atoms with van der Waals surface area (Å²) in [7, 11) is 1.64. The van der Waals surface area contributed by atoms with Gasteiger partial charge in [0.1, 0.15) is 0 Å². The molecule has 1 aliphatic rings. The smallest absolute Gasteiger partial charge is 0.338 e. The maximum absolute atomic E-state index is 10.9. The van der Waals surface area contributed by atoms with Crippen LogP contribution in [0.1, 0.15) is 27.0 Å². The second kappa shape index (κ2) is 5.47. The standard InChI is InChI=1S/C16H13N3O3/c1-22-9-10-2-11-4-14(5-12(6-17)15(11)3-10)19-8-13(7-18-19)16(20)21/h2,4-5,7-8H,3,9H2,1H3,(H,20,21). The van der Waals surface area contributed by atoms with Crippen molar-refractivity contribution in [1.29, 1.82) is 5.26 Å². The Morgan fingerprint density at radius 2 is 2.36 bits per heavy atom. The number of methoxy groups -OCH3 is 1. The van der Waals surface area contributed by atoms with Gasteiger partial charge in [-0.1, -0.05) is 6.08 Å². The van der Waals surface area contributed by atoms with Gasteiger partial charge in [0.2, 0.25) is 0 Å². The molecule has 0 saturated carbocycles. The summed E-state index contributed by atoms with van der Waals surface area (Å²) in [5.41, 5.74) is 4.38. The first-order valence-electron chi connectivity index (χ1n) is 6.66. The number of carboxylic acids is 1. The second-order valence-electron chi connectivity index (χ2n) is 5.06. The molecule has 1 aromatic carbocycles. The zero-order valence-electron chi connectivity index (χ0n) is 11.9. The van der Waals surface area contributed by atoms with Crippen molar-refractivity contribution in [2.45, 2.75) is 6.42 Å². The SMILES string of the molecule is COCC1=Cc2cc(-n3cc(C(=O)O)cn3)cc(C#N)c2C1. The van der Waals surface area contributed by atoms with E-state index in [2.05, 4.69) is 11.2 Å². The fourth-order valence-electron chi connectivity index (χ4n) is 2.59. The van der Waals surface area contributed by atoms with Gasteiger partial charge in [-0.2, -0.15) is 10.4 Å². The highest BCUT2D eigenvalue weighted by molar-refractivity contribution is 5.87. The van der Waals surface area contributed by atoms with Crippen LogP contribution in [-0.2, 0) is 11.2 Å². The molecule has 0 spiro atoms. The molecule has 110 valence electrons. The summed E-state index contributed by atoms with van der Waals surface area (Å²) >= 11 is 0. The van der Waals surface area contributed by atoms with E-state index in [0.717, 1.165) is 16.7 Å². The minimum atomic E-state index is -1.03. The summed E-state index contributed by atoms with van der Waals surface area (Å²) in [6, 6.07) is 5.82. The molecule has 6 nitrogen and oxygen atoms in total. The number of hydrogen-bond donors (Lipinski definition) is 1. The third-order valence-corrected chi connectivity index (χ3v) is 3.58. The van der Waals surface area contributed by atoms with E-state index in [1.54, 1.807) is 13.2 Å². The van der Waals surface area contributed by atoms with Crippen LogP contribution >= 0.6 is 0 Å². The molecule has 6 heteroatoms. The predicted molar refractivity (Wildman–Crippen MR) is 78.8 cm³/mol. The van der Waals surface area contributed by atoms with E-state index in [-0.39, 0.29) is 5.56 Å². The normalized spacial score (nSPS) is 12.6. The number of nitrogens with zero attached hydrogens (tertiary/aromatic N) is 3. The van der Waals surface area contributed by atoms with Crippen molar-refractivity contribution in [3.63, 3.8) is 0 Å². The Bertz CT molecular complexity index is 828. The molecule has 0 radical (unpaired) electrons. The van der Waals surface area contributed by atoms with Crippen molar-refractivity contribution < 1.29 is 14.6 Å². The van der Waals surface area contributed by atoms with Gasteiger partial charge in [-0.3, -0.25) is 0 Å². The summed E-state index contributed by atoms with van der Waals surface area (Å²) in [5.74, 6) is -1.03. The van der Waals surface area contributed by atoms with E-state index in [4.69, 9.17) is 9.84 Å². The maximum atomic E-state index is 10.9. The zero-order chi connectivity index (χ0) is 15.7. The molecule has 0 amide bonds. The topological polar surface area (TPSA) is 88.1 Å². The van der Waals surface area contributed by atoms with Crippen LogP contribution in [0.15, 0.2) is 30.1 Å². The molecule has 0 unspecified atom stereocenters. The van der Waals surface area contributed by atoms with Crippen LogP contribution in [0.4, 0.5) is 0 Å². The van der Waals surface area contributed by atoms with E-state index < -0.39 is 5.97 Å². The second-order valence-corrected chi connectivity index (χ2v) is 5.06. The highest BCUT2D eigenvalue weighted by atomic mass is 16.5. The molecule has 0 atom stereocenters. The molecule has 22 heavy (non-hydrogen) atoms. The number of carboxylic acid groups (broad SMARTS) is 1. The van der Waals surface area contributed by atoms with Gasteiger partial charge in [0.05, 0.1) is 35.7 Å². The van der Waals surface area contributed by atoms with Crippen LogP contribution in [0.25, 0.3) is 11.8 Å². The quantitative estimate of drug-likeness (QED) is 0.932. The largest absolute Gasteiger partial charge is 0.478 e. The van der Waals surface area contributed by atoms with Gasteiger partial charge in [-0.25, -0.2) is 9.48 Å². The van der Waals surface area contributed by atoms with Crippen LogP contribution in [0.3, 0.4) is 0 Å². The van der Waals surface area contributed by atoms with Crippen molar-refractivity contribution in [3.8, 4) is 11.8 Å². The summed E-state index contributed by atoms with van der Waals surface area (Å²) in [5, 5.41) is 22.4. The van der Waals surface area contributed by atoms with Gasteiger partial charge in [-0.05, 0) is 35.3 Å². The molecule has 0 saturated heterocycles. The summed E-state index contributed by atoms with van der Waals surface area (Å²) in [4.78, 5) is 10.9. The lowest BCUT2D eigenvalue weighted by atomic mass is 10.0. The van der Waals surface area contributed by atoms with Gasteiger partial charge in [0, 0.05) is 13.3 Å². The summed E-state index contributed by atoms with van der Waals surface area (Å²) < 4.78 is 6.61. The summed E-state index contributed by atoms with van der Waals surface area (Å²) in [6.45, 7) is 0.528. The van der Waals surface area contributed by atoms with Gasteiger partial charge < -0.3 is 9.84 Å². The Morgan fingerprint density at radius 3 is 3.00 bits per heavy atom. The molecule has 0 aliphatic heterocycles. The average molecular weight is 295 g/mol. The highest BCUT2D eigenvalue weighted by Crippen LogP contribution is 2.30. The van der Waals surface area contributed by atoms with Crippen LogP contribution in [-0.4, -0.2) is 34.6 Å². The number of carbonyl (C=O) groups is 1. The first kappa shape index (κ1) is 14.0. The first-order chi connectivity index (χ1) is 10.6. The molecular formula is C16H13N3O3. The Balaban J connectivity index is 2.05. The molecule has 0 fully saturated rings. The number of rotatable bonds is 4. The van der Waals surface area contributed by atoms with E-state index in [1.165, 1.54) is 17.1 Å². The number of ether oxygens (including phenoxy) is 1. The zero-order valence-corrected chi connectivity index (χ0v) is 11.9. The molecule has 1 N–H and O–H groups in total. The third-order valence-electron chi connectivity index (χ3n) is 3.58. The van der Waals surface area contributed by atoms with E-state index >= 15 is 0 Å². The number of hydrogen-bond acceptors (Lipinski definition) is 4. The number of benzene rings is 1. The molecule has 3 rings (SSSR count). The molecule has 1 aromatic heterocycles. The Morgan fingerprint density at radius 1 is 1.55 bits per heavy atom. The lowest BCUT2D eigenvalue weighted by Gasteiger charge is -2.07. The molecule has 1 heterocycles. The Kier molecular flexibility index (Phi) is 3.49. The fraction of sp³-hybridized carbons (Fsp3) is 0.188. The highest BCUT2D eigenvalue weighted by Gasteiger charge is 2.18. The van der Waals surface area contributed by atoms with Gasteiger partial charge in [0.15, 0.2) is 0 Å². The van der Waals surface area contributed by atoms with Gasteiger partial charge in [0.25, 0.3) is 0 Å². The van der Waals surface area contributed by atoms with E-state index in [0.29, 0.717) is 24.3 Å². The monoisotopic (exact) mass is 295 g/mol. The first-order valence-corrected chi connectivity index (χ1v) is 6.66. The minimum Gasteiger partial charge on any atom is -0.478 e. The maximum Gasteiger partial charge on any atom is 0.338 e. The van der Waals surface area contributed by atoms with Crippen molar-refractivity contribution >= 4 is 12.0 Å². The average Bonchev–Trinajstić information content (AvgIpc) is 3.12. The molecule has 2 aromatic rings. The molecule has 1 aliphatic carbocycles. The lowest BCUT2D eigenvalue weighted by Crippen LogP contribution is -2.00. The summed E-state index contributed by atoms with van der Waals surface area (Å²) in [6.07, 6.45) is 5.42. The molecule has 0 bridgehead atoms. The van der Waals surface area contributed by atoms with Gasteiger partial charge >= 0.3 is 5.97 Å². The van der Waals surface area contributed by atoms with E-state index in [9.17, 15) is 10.1 Å². The van der Waals surface area contributed by atoms with Crippen molar-refractivity contribution in [2.24, 2.45) is 0 Å². The van der Waals surface area contributed by atoms with Crippen LogP contribution < -0.4 is 0 Å². The van der Waals surface area contributed by atoms with E-state index in [1.807, 2.05) is 12.1 Å². The predicted octanol–water partition coefficient (Wildman–Crippen LogP) is 2.03. The number of aromatic carboxylic acids is 1. The Labute approximate surface area is 126 Å². The molecular weight excluding hydrogens is 282 g/mol. The Hall–Kier alpha value is -2.91. The third kappa shape index (κ3) is 2.38. The number of fused-ring (bicyclic) bond motifs is 1. The van der Waals surface area contributed by atoms with Crippen molar-refractivity contribution in [2.75, 3.05) is 13.7 Å². The number of nitriles is 1. The fourth-order valence-corrected chi connectivity index (χ4v) is 2.59. The van der Waals surface area contributed by atoms with Gasteiger partial charge in [-0.15, -0.1) is 0 Å². The van der Waals surface area contributed by atoms with Crippen LogP contribution in [0.2, 0.25) is 0 Å². The number of aromatic nitrogens is 2. The lowest BCUT2D eigenvalue weighted by molar-refractivity contribution is 0.0697. The van der Waals surface area contributed by atoms with Crippen LogP contribution in [0, 0.1) is 11.3 Å². The minimum absolute atomic E-state index is 0.106.